The minimum Gasteiger partial charge on any atom is -0.495 e. The van der Waals surface area contributed by atoms with E-state index in [0.717, 1.165) is 22.5 Å². The number of methoxy groups -OCH3 is 1. The molecule has 1 amide bonds. The topological polar surface area (TPSA) is 75.7 Å². The maximum Gasteiger partial charge on any atom is 0.416 e. The molecular formula is C23H19Cl2F3N2O4S. The Morgan fingerprint density at radius 3 is 2.29 bits per heavy atom. The molecule has 0 saturated heterocycles. The van der Waals surface area contributed by atoms with Crippen molar-refractivity contribution in [1.82, 2.24) is 0 Å². The van der Waals surface area contributed by atoms with Crippen LogP contribution in [0.1, 0.15) is 11.1 Å². The fourth-order valence-electron chi connectivity index (χ4n) is 3.21. The zero-order valence-electron chi connectivity index (χ0n) is 18.4. The number of hydrogen-bond acceptors (Lipinski definition) is 4. The second-order valence-electron chi connectivity index (χ2n) is 7.42. The van der Waals surface area contributed by atoms with Crippen LogP contribution in [0.4, 0.5) is 24.5 Å². The van der Waals surface area contributed by atoms with E-state index in [9.17, 15) is 26.4 Å². The smallest absolute Gasteiger partial charge is 0.416 e. The average Bonchev–Trinajstić information content (AvgIpc) is 2.76. The Bertz CT molecular complexity index is 1340. The van der Waals surface area contributed by atoms with Gasteiger partial charge in [-0.15, -0.1) is 0 Å². The summed E-state index contributed by atoms with van der Waals surface area (Å²) < 4.78 is 72.4. The minimum absolute atomic E-state index is 0.0229. The molecule has 6 nitrogen and oxygen atoms in total. The van der Waals surface area contributed by atoms with E-state index in [-0.39, 0.29) is 32.1 Å². The lowest BCUT2D eigenvalue weighted by molar-refractivity contribution is -0.137. The molecule has 0 spiro atoms. The van der Waals surface area contributed by atoms with E-state index in [0.29, 0.717) is 5.56 Å². The monoisotopic (exact) mass is 546 g/mol. The first-order valence-electron chi connectivity index (χ1n) is 9.92. The fraction of sp³-hybridized carbons (Fsp3) is 0.174. The third-order valence-corrected chi connectivity index (χ3v) is 7.01. The van der Waals surface area contributed by atoms with Crippen molar-refractivity contribution in [3.8, 4) is 5.75 Å². The van der Waals surface area contributed by atoms with E-state index >= 15 is 0 Å². The van der Waals surface area contributed by atoms with Crippen LogP contribution in [0.15, 0.2) is 65.6 Å². The number of alkyl halides is 3. The van der Waals surface area contributed by atoms with Crippen LogP contribution in [0, 0.1) is 6.92 Å². The first-order chi connectivity index (χ1) is 16.3. The molecule has 186 valence electrons. The summed E-state index contributed by atoms with van der Waals surface area (Å²) in [6.07, 6.45) is -4.62. The Morgan fingerprint density at radius 2 is 1.69 bits per heavy atom. The zero-order valence-corrected chi connectivity index (χ0v) is 20.7. The Balaban J connectivity index is 2.04. The largest absolute Gasteiger partial charge is 0.495 e. The molecule has 3 aromatic carbocycles. The molecule has 0 atom stereocenters. The van der Waals surface area contributed by atoms with Crippen LogP contribution in [0.5, 0.6) is 5.75 Å². The number of rotatable bonds is 7. The van der Waals surface area contributed by atoms with Crippen molar-refractivity contribution in [1.29, 1.82) is 0 Å². The van der Waals surface area contributed by atoms with Crippen molar-refractivity contribution in [3.63, 3.8) is 0 Å². The second-order valence-corrected chi connectivity index (χ2v) is 10.1. The summed E-state index contributed by atoms with van der Waals surface area (Å²) >= 11 is 12.1. The number of hydrogen-bond donors (Lipinski definition) is 1. The summed E-state index contributed by atoms with van der Waals surface area (Å²) in [4.78, 5) is 12.6. The molecule has 1 N–H and O–H groups in total. The molecule has 0 aliphatic rings. The maximum absolute atomic E-state index is 13.7. The molecule has 0 aliphatic carbocycles. The van der Waals surface area contributed by atoms with Crippen molar-refractivity contribution in [2.24, 2.45) is 0 Å². The van der Waals surface area contributed by atoms with Gasteiger partial charge in [-0.1, -0.05) is 35.3 Å². The minimum atomic E-state index is -4.62. The van der Waals surface area contributed by atoms with Crippen molar-refractivity contribution < 1.29 is 31.1 Å². The van der Waals surface area contributed by atoms with Crippen molar-refractivity contribution in [2.45, 2.75) is 18.0 Å². The van der Waals surface area contributed by atoms with Gasteiger partial charge < -0.3 is 10.1 Å². The number of ether oxygens (including phenoxy) is 1. The first-order valence-corrected chi connectivity index (χ1v) is 12.1. The first kappa shape index (κ1) is 26.7. The van der Waals surface area contributed by atoms with E-state index in [1.165, 1.54) is 43.5 Å². The van der Waals surface area contributed by atoms with Crippen LogP contribution >= 0.6 is 23.2 Å². The van der Waals surface area contributed by atoms with Gasteiger partial charge in [0.15, 0.2) is 0 Å². The summed E-state index contributed by atoms with van der Waals surface area (Å²) in [6.45, 7) is 0.895. The number of benzene rings is 3. The molecule has 0 aliphatic heterocycles. The Labute approximate surface area is 210 Å². The lowest BCUT2D eigenvalue weighted by Gasteiger charge is -2.25. The number of amides is 1. The lowest BCUT2D eigenvalue weighted by Crippen LogP contribution is -2.38. The van der Waals surface area contributed by atoms with Gasteiger partial charge in [0.05, 0.1) is 18.4 Å². The van der Waals surface area contributed by atoms with E-state index in [2.05, 4.69) is 5.32 Å². The number of sulfonamides is 1. The van der Waals surface area contributed by atoms with Crippen LogP contribution in [0.25, 0.3) is 0 Å². The van der Waals surface area contributed by atoms with Crippen molar-refractivity contribution in [3.05, 3.63) is 81.8 Å². The lowest BCUT2D eigenvalue weighted by atomic mass is 10.2. The third kappa shape index (κ3) is 6.39. The summed E-state index contributed by atoms with van der Waals surface area (Å²) in [6, 6.07) is 12.4. The van der Waals surface area contributed by atoms with Crippen molar-refractivity contribution in [2.75, 3.05) is 23.3 Å². The fourth-order valence-corrected chi connectivity index (χ4v) is 5.37. The number of halogens is 5. The number of nitrogens with one attached hydrogen (secondary N) is 1. The highest BCUT2D eigenvalue weighted by Crippen LogP contribution is 2.34. The van der Waals surface area contributed by atoms with Crippen LogP contribution in [-0.4, -0.2) is 28.0 Å². The second kappa shape index (κ2) is 10.3. The van der Waals surface area contributed by atoms with E-state index in [1.54, 1.807) is 13.0 Å². The van der Waals surface area contributed by atoms with Gasteiger partial charge in [-0.3, -0.25) is 9.10 Å². The summed E-state index contributed by atoms with van der Waals surface area (Å²) in [7, 11) is -3.13. The number of carbonyl (C=O) groups is 1. The highest BCUT2D eigenvalue weighted by molar-refractivity contribution is 7.93. The zero-order chi connectivity index (χ0) is 26.0. The molecule has 12 heteroatoms. The highest BCUT2D eigenvalue weighted by atomic mass is 35.5. The Hall–Kier alpha value is -2.95. The van der Waals surface area contributed by atoms with Gasteiger partial charge in [-0.05, 0) is 61.0 Å². The molecule has 0 unspecified atom stereocenters. The SMILES string of the molecule is COc1ccc(C)cc1S(=O)(=O)N(CC(=O)Nc1cccc(C(F)(F)F)c1)c1cc(Cl)cc(Cl)c1. The van der Waals surface area contributed by atoms with Gasteiger partial charge in [-0.2, -0.15) is 13.2 Å². The number of anilines is 2. The Morgan fingerprint density at radius 1 is 1.03 bits per heavy atom. The maximum atomic E-state index is 13.7. The highest BCUT2D eigenvalue weighted by Gasteiger charge is 2.32. The van der Waals surface area contributed by atoms with Crippen LogP contribution in [-0.2, 0) is 21.0 Å². The van der Waals surface area contributed by atoms with Crippen LogP contribution in [0.3, 0.4) is 0 Å². The van der Waals surface area contributed by atoms with E-state index < -0.39 is 34.2 Å². The quantitative estimate of drug-likeness (QED) is 0.385. The molecule has 0 heterocycles. The number of nitrogens with zero attached hydrogens (tertiary/aromatic N) is 1. The molecule has 0 fully saturated rings. The number of carbonyl (C=O) groups excluding carboxylic acids is 1. The van der Waals surface area contributed by atoms with Crippen LogP contribution in [0.2, 0.25) is 10.0 Å². The van der Waals surface area contributed by atoms with Gasteiger partial charge in [0.25, 0.3) is 10.0 Å². The summed E-state index contributed by atoms with van der Waals surface area (Å²) in [5, 5.41) is 2.53. The Kier molecular flexibility index (Phi) is 7.88. The van der Waals surface area contributed by atoms with Gasteiger partial charge in [0.1, 0.15) is 17.2 Å². The standard InChI is InChI=1S/C23H19Cl2F3N2O4S/c1-14-6-7-20(34-2)21(8-14)35(32,33)30(19-11-16(24)10-17(25)12-19)13-22(31)29-18-5-3-4-15(9-18)23(26,27)28/h3-12H,13H2,1-2H3,(H,29,31). The average molecular weight is 547 g/mol. The predicted octanol–water partition coefficient (Wildman–Crippen LogP) is 6.16. The molecule has 35 heavy (non-hydrogen) atoms. The van der Waals surface area contributed by atoms with Gasteiger partial charge in [0.2, 0.25) is 5.91 Å². The van der Waals surface area contributed by atoms with Gasteiger partial charge in [-0.25, -0.2) is 8.42 Å². The third-order valence-electron chi connectivity index (χ3n) is 4.78. The van der Waals surface area contributed by atoms with E-state index in [1.807, 2.05) is 0 Å². The normalized spacial score (nSPS) is 11.7. The predicted molar refractivity (Wildman–Crippen MR) is 129 cm³/mol. The number of aryl methyl sites for hydroxylation is 1. The molecule has 3 aromatic rings. The van der Waals surface area contributed by atoms with Crippen molar-refractivity contribution >= 4 is 50.5 Å². The molecule has 0 radical (unpaired) electrons. The van der Waals surface area contributed by atoms with E-state index in [4.69, 9.17) is 27.9 Å². The summed E-state index contributed by atoms with van der Waals surface area (Å²) in [5.41, 5.74) is -0.530. The summed E-state index contributed by atoms with van der Waals surface area (Å²) in [5.74, 6) is -0.859. The molecule has 0 aromatic heterocycles. The molecular weight excluding hydrogens is 528 g/mol. The molecule has 0 saturated carbocycles. The van der Waals surface area contributed by atoms with Gasteiger partial charge in [0, 0.05) is 15.7 Å². The molecule has 0 bridgehead atoms. The molecule has 3 rings (SSSR count). The van der Waals surface area contributed by atoms with Gasteiger partial charge >= 0.3 is 6.18 Å². The van der Waals surface area contributed by atoms with Crippen LogP contribution < -0.4 is 14.4 Å².